The number of amides is 1. The molecule has 0 aliphatic heterocycles. The summed E-state index contributed by atoms with van der Waals surface area (Å²) in [6, 6.07) is 18.2. The molecule has 0 fully saturated rings. The van der Waals surface area contributed by atoms with Gasteiger partial charge in [0.1, 0.15) is 0 Å². The zero-order valence-corrected chi connectivity index (χ0v) is 15.1. The Morgan fingerprint density at radius 3 is 2.62 bits per heavy atom. The average molecular weight is 368 g/mol. The zero-order valence-electron chi connectivity index (χ0n) is 14.3. The van der Waals surface area contributed by atoms with Gasteiger partial charge >= 0.3 is 0 Å². The fourth-order valence-corrected chi connectivity index (χ4v) is 2.56. The van der Waals surface area contributed by atoms with E-state index in [0.717, 1.165) is 12.1 Å². The number of para-hydroxylation sites is 1. The maximum atomic E-state index is 12.4. The molecule has 3 aromatic rings. The number of nitrogens with zero attached hydrogens (tertiary/aromatic N) is 3. The van der Waals surface area contributed by atoms with Crippen molar-refractivity contribution in [1.82, 2.24) is 9.78 Å². The molecule has 0 unspecified atom stereocenters. The van der Waals surface area contributed by atoms with Gasteiger partial charge in [-0.15, -0.1) is 0 Å². The van der Waals surface area contributed by atoms with Crippen LogP contribution in [0, 0.1) is 0 Å². The highest BCUT2D eigenvalue weighted by Gasteiger charge is 2.09. The molecule has 0 atom stereocenters. The lowest BCUT2D eigenvalue weighted by molar-refractivity contribution is 0.0998. The molecule has 0 aliphatic carbocycles. The number of aromatic nitrogens is 2. The quantitative estimate of drug-likeness (QED) is 0.683. The molecule has 132 valence electrons. The van der Waals surface area contributed by atoms with Crippen LogP contribution in [-0.4, -0.2) is 22.3 Å². The van der Waals surface area contributed by atoms with Gasteiger partial charge in [-0.3, -0.25) is 4.79 Å². The van der Waals surface area contributed by atoms with Crippen LogP contribution in [0.1, 0.15) is 23.7 Å². The van der Waals surface area contributed by atoms with Crippen molar-refractivity contribution in [1.29, 1.82) is 0 Å². The number of carbonyl (C=O) groups excluding carboxylic acids is 1. The minimum Gasteiger partial charge on any atom is -0.478 e. The van der Waals surface area contributed by atoms with Crippen molar-refractivity contribution in [3.05, 3.63) is 82.8 Å². The molecule has 0 spiro atoms. The van der Waals surface area contributed by atoms with Crippen LogP contribution in [0.3, 0.4) is 0 Å². The minimum absolute atomic E-state index is 0.352. The molecule has 6 heteroatoms. The minimum atomic E-state index is -0.420. The fraction of sp³-hybridized carbons (Fsp3) is 0.150. The van der Waals surface area contributed by atoms with Gasteiger partial charge in [-0.05, 0) is 30.7 Å². The number of rotatable bonds is 5. The molecule has 2 aromatic carbocycles. The molecule has 0 saturated carbocycles. The number of hydrogen-bond donors (Lipinski definition) is 0. The molecular formula is C20H18ClN3O2. The molecule has 0 aliphatic rings. The Kier molecular flexibility index (Phi) is 5.81. The van der Waals surface area contributed by atoms with Crippen molar-refractivity contribution < 1.29 is 9.53 Å². The second kappa shape index (κ2) is 8.45. The third kappa shape index (κ3) is 4.18. The van der Waals surface area contributed by atoms with E-state index in [9.17, 15) is 4.79 Å². The number of hydrogen-bond acceptors (Lipinski definition) is 3. The van der Waals surface area contributed by atoms with Crippen LogP contribution in [-0.2, 0) is 0 Å². The SMILES string of the molecule is CCCOc1c/c(=N\C(=O)c2ccccc2Cl)cnn1-c1ccccc1. The second-order valence-corrected chi connectivity index (χ2v) is 5.95. The van der Waals surface area contributed by atoms with Gasteiger partial charge in [0.05, 0.1) is 34.4 Å². The van der Waals surface area contributed by atoms with E-state index in [2.05, 4.69) is 10.1 Å². The smallest absolute Gasteiger partial charge is 0.279 e. The summed E-state index contributed by atoms with van der Waals surface area (Å²) in [5.74, 6) is 0.0996. The van der Waals surface area contributed by atoms with Gasteiger partial charge in [0.2, 0.25) is 5.88 Å². The molecular weight excluding hydrogens is 350 g/mol. The maximum absolute atomic E-state index is 12.4. The van der Waals surface area contributed by atoms with E-state index < -0.39 is 5.91 Å². The summed E-state index contributed by atoms with van der Waals surface area (Å²) < 4.78 is 7.47. The summed E-state index contributed by atoms with van der Waals surface area (Å²) in [5.41, 5.74) is 1.22. The highest BCUT2D eigenvalue weighted by atomic mass is 35.5. The lowest BCUT2D eigenvalue weighted by Gasteiger charge is -2.12. The summed E-state index contributed by atoms with van der Waals surface area (Å²) in [7, 11) is 0. The van der Waals surface area contributed by atoms with Crippen molar-refractivity contribution in [2.75, 3.05) is 6.61 Å². The first-order valence-electron chi connectivity index (χ1n) is 8.30. The Morgan fingerprint density at radius 1 is 1.15 bits per heavy atom. The van der Waals surface area contributed by atoms with Gasteiger partial charge in [0.15, 0.2) is 0 Å². The first-order valence-corrected chi connectivity index (χ1v) is 8.68. The third-order valence-corrected chi connectivity index (χ3v) is 3.90. The summed E-state index contributed by atoms with van der Waals surface area (Å²) in [5, 5.41) is 5.16. The van der Waals surface area contributed by atoms with Crippen molar-refractivity contribution in [3.63, 3.8) is 0 Å². The van der Waals surface area contributed by atoms with Crippen LogP contribution in [0.25, 0.3) is 5.69 Å². The Hall–Kier alpha value is -2.92. The Bertz CT molecular complexity index is 968. The Morgan fingerprint density at radius 2 is 1.88 bits per heavy atom. The van der Waals surface area contributed by atoms with Crippen molar-refractivity contribution >= 4 is 17.5 Å². The lowest BCUT2D eigenvalue weighted by Crippen LogP contribution is -2.15. The lowest BCUT2D eigenvalue weighted by atomic mass is 10.2. The predicted octanol–water partition coefficient (Wildman–Crippen LogP) is 4.06. The fourth-order valence-electron chi connectivity index (χ4n) is 2.34. The first-order chi connectivity index (χ1) is 12.7. The van der Waals surface area contributed by atoms with Gasteiger partial charge in [-0.1, -0.05) is 48.9 Å². The van der Waals surface area contributed by atoms with Crippen LogP contribution >= 0.6 is 11.6 Å². The topological polar surface area (TPSA) is 56.5 Å². The van der Waals surface area contributed by atoms with E-state index >= 15 is 0 Å². The molecule has 0 bridgehead atoms. The standard InChI is InChI=1S/C20H18ClN3O2/c1-2-12-26-19-13-15(14-22-24(19)16-8-4-3-5-9-16)23-20(25)17-10-6-7-11-18(17)21/h3-11,13-14H,2,12H2,1H3/b23-15+. The van der Waals surface area contributed by atoms with E-state index in [1.807, 2.05) is 37.3 Å². The number of carbonyl (C=O) groups is 1. The summed E-state index contributed by atoms with van der Waals surface area (Å²) in [6.45, 7) is 2.56. The van der Waals surface area contributed by atoms with E-state index in [0.29, 0.717) is 28.4 Å². The molecule has 0 radical (unpaired) electrons. The van der Waals surface area contributed by atoms with Gasteiger partial charge in [-0.2, -0.15) is 5.10 Å². The van der Waals surface area contributed by atoms with E-state index in [4.69, 9.17) is 16.3 Å². The molecule has 0 saturated heterocycles. The molecule has 1 aromatic heterocycles. The second-order valence-electron chi connectivity index (χ2n) is 5.54. The monoisotopic (exact) mass is 367 g/mol. The first kappa shape index (κ1) is 17.9. The highest BCUT2D eigenvalue weighted by Crippen LogP contribution is 2.16. The van der Waals surface area contributed by atoms with Crippen LogP contribution in [0.5, 0.6) is 5.88 Å². The van der Waals surface area contributed by atoms with Crippen molar-refractivity contribution in [3.8, 4) is 11.6 Å². The van der Waals surface area contributed by atoms with Crippen molar-refractivity contribution in [2.24, 2.45) is 4.99 Å². The van der Waals surface area contributed by atoms with Gasteiger partial charge in [0.25, 0.3) is 5.91 Å². The molecule has 0 N–H and O–H groups in total. The van der Waals surface area contributed by atoms with Crippen LogP contribution in [0.2, 0.25) is 5.02 Å². The normalized spacial score (nSPS) is 11.4. The molecule has 5 nitrogen and oxygen atoms in total. The Labute approximate surface area is 156 Å². The maximum Gasteiger partial charge on any atom is 0.279 e. The van der Waals surface area contributed by atoms with Crippen LogP contribution in [0.15, 0.2) is 71.9 Å². The van der Waals surface area contributed by atoms with Gasteiger partial charge in [-0.25, -0.2) is 9.67 Å². The highest BCUT2D eigenvalue weighted by molar-refractivity contribution is 6.33. The van der Waals surface area contributed by atoms with E-state index in [-0.39, 0.29) is 0 Å². The van der Waals surface area contributed by atoms with Gasteiger partial charge < -0.3 is 4.74 Å². The average Bonchev–Trinajstić information content (AvgIpc) is 2.67. The number of ether oxygens (including phenoxy) is 1. The molecule has 26 heavy (non-hydrogen) atoms. The van der Waals surface area contributed by atoms with Crippen LogP contribution < -0.4 is 10.1 Å². The molecule has 1 heterocycles. The summed E-state index contributed by atoms with van der Waals surface area (Å²) in [6.07, 6.45) is 2.38. The summed E-state index contributed by atoms with van der Waals surface area (Å²) >= 11 is 6.07. The number of halogens is 1. The zero-order chi connectivity index (χ0) is 18.4. The van der Waals surface area contributed by atoms with Crippen LogP contribution in [0.4, 0.5) is 0 Å². The summed E-state index contributed by atoms with van der Waals surface area (Å²) in [4.78, 5) is 16.5. The van der Waals surface area contributed by atoms with E-state index in [1.54, 1.807) is 35.0 Å². The van der Waals surface area contributed by atoms with E-state index in [1.165, 1.54) is 6.20 Å². The Balaban J connectivity index is 2.01. The molecule has 3 rings (SSSR count). The third-order valence-electron chi connectivity index (χ3n) is 3.58. The largest absolute Gasteiger partial charge is 0.478 e. The number of benzene rings is 2. The van der Waals surface area contributed by atoms with Gasteiger partial charge in [0, 0.05) is 6.07 Å². The molecule has 1 amide bonds. The van der Waals surface area contributed by atoms with Crippen molar-refractivity contribution in [2.45, 2.75) is 13.3 Å². The predicted molar refractivity (Wildman–Crippen MR) is 101 cm³/mol.